The van der Waals surface area contributed by atoms with E-state index < -0.39 is 28.3 Å². The number of carbonyl (C=O) groups is 2. The van der Waals surface area contributed by atoms with Gasteiger partial charge >= 0.3 is 5.97 Å². The van der Waals surface area contributed by atoms with E-state index in [4.69, 9.17) is 16.3 Å². The van der Waals surface area contributed by atoms with Crippen molar-refractivity contribution in [2.45, 2.75) is 17.7 Å². The normalized spacial score (nSPS) is 11.0. The van der Waals surface area contributed by atoms with Crippen LogP contribution in [0, 0.1) is 0 Å². The highest BCUT2D eigenvalue weighted by Gasteiger charge is 2.17. The summed E-state index contributed by atoms with van der Waals surface area (Å²) in [5.41, 5.74) is 0.978. The molecule has 2 rings (SSSR count). The molecule has 6 nitrogen and oxygen atoms in total. The van der Waals surface area contributed by atoms with Gasteiger partial charge in [-0.1, -0.05) is 41.9 Å². The summed E-state index contributed by atoms with van der Waals surface area (Å²) in [6.45, 7) is -0.0706. The minimum atomic E-state index is -3.55. The van der Waals surface area contributed by atoms with E-state index in [-0.39, 0.29) is 17.1 Å². The zero-order valence-corrected chi connectivity index (χ0v) is 16.1. The Morgan fingerprint density at radius 1 is 1.04 bits per heavy atom. The van der Waals surface area contributed by atoms with Gasteiger partial charge in [0.05, 0.1) is 17.1 Å². The Balaban J connectivity index is 1.67. The lowest BCUT2D eigenvalue weighted by atomic mass is 10.1. The zero-order chi connectivity index (χ0) is 19.7. The predicted molar refractivity (Wildman–Crippen MR) is 102 cm³/mol. The van der Waals surface area contributed by atoms with Crippen molar-refractivity contribution in [3.8, 4) is 0 Å². The Kier molecular flexibility index (Phi) is 7.82. The van der Waals surface area contributed by atoms with Gasteiger partial charge in [-0.3, -0.25) is 9.59 Å². The summed E-state index contributed by atoms with van der Waals surface area (Å²) in [6.07, 6.45) is 0.280. The topological polar surface area (TPSA) is 89.5 Å². The number of esters is 1. The van der Waals surface area contributed by atoms with Gasteiger partial charge < -0.3 is 10.1 Å². The molecule has 0 aliphatic carbocycles. The molecule has 0 aromatic heterocycles. The summed E-state index contributed by atoms with van der Waals surface area (Å²) >= 11 is 5.88. The molecule has 0 aliphatic rings. The van der Waals surface area contributed by atoms with Gasteiger partial charge in [0, 0.05) is 11.6 Å². The molecule has 144 valence electrons. The van der Waals surface area contributed by atoms with Crippen molar-refractivity contribution in [3.05, 3.63) is 65.2 Å². The van der Waals surface area contributed by atoms with Crippen molar-refractivity contribution in [1.82, 2.24) is 5.32 Å². The van der Waals surface area contributed by atoms with Crippen molar-refractivity contribution in [2.75, 3.05) is 18.9 Å². The number of amides is 1. The number of ether oxygens (including phenoxy) is 1. The highest BCUT2D eigenvalue weighted by Crippen LogP contribution is 2.12. The Hall–Kier alpha value is -2.38. The van der Waals surface area contributed by atoms with Crippen LogP contribution in [0.1, 0.15) is 12.0 Å². The molecule has 2 aromatic rings. The Morgan fingerprint density at radius 3 is 2.48 bits per heavy atom. The maximum Gasteiger partial charge on any atom is 0.307 e. The highest BCUT2D eigenvalue weighted by atomic mass is 35.5. The summed E-state index contributed by atoms with van der Waals surface area (Å²) in [5, 5.41) is 3.25. The van der Waals surface area contributed by atoms with E-state index in [0.717, 1.165) is 5.56 Å². The predicted octanol–water partition coefficient (Wildman–Crippen LogP) is 2.41. The van der Waals surface area contributed by atoms with E-state index in [0.29, 0.717) is 18.0 Å². The number of carbonyl (C=O) groups excluding carboxylic acids is 2. The number of nitrogens with one attached hydrogen (secondary N) is 1. The van der Waals surface area contributed by atoms with Gasteiger partial charge in [-0.25, -0.2) is 8.42 Å². The van der Waals surface area contributed by atoms with Gasteiger partial charge in [-0.2, -0.15) is 0 Å². The van der Waals surface area contributed by atoms with Crippen molar-refractivity contribution < 1.29 is 22.7 Å². The van der Waals surface area contributed by atoms with Crippen LogP contribution in [0.15, 0.2) is 59.5 Å². The summed E-state index contributed by atoms with van der Waals surface area (Å²) in [7, 11) is -3.55. The van der Waals surface area contributed by atoms with Crippen LogP contribution in [0.5, 0.6) is 0 Å². The van der Waals surface area contributed by atoms with Crippen LogP contribution in [0.3, 0.4) is 0 Å². The minimum absolute atomic E-state index is 0.150. The maximum atomic E-state index is 12.1. The molecule has 0 atom stereocenters. The number of hydrogen-bond acceptors (Lipinski definition) is 5. The van der Waals surface area contributed by atoms with Crippen LogP contribution in [0.4, 0.5) is 0 Å². The molecule has 0 spiro atoms. The molecule has 0 heterocycles. The monoisotopic (exact) mass is 409 g/mol. The number of sulfone groups is 1. The fourth-order valence-corrected chi connectivity index (χ4v) is 3.73. The van der Waals surface area contributed by atoms with Gasteiger partial charge in [-0.15, -0.1) is 0 Å². The van der Waals surface area contributed by atoms with Crippen LogP contribution in [-0.4, -0.2) is 39.2 Å². The van der Waals surface area contributed by atoms with Crippen molar-refractivity contribution in [1.29, 1.82) is 0 Å². The summed E-state index contributed by atoms with van der Waals surface area (Å²) in [5.74, 6) is -1.55. The standard InChI is InChI=1S/C19H20ClNO5S/c20-16-6-4-5-15(13-16)9-11-21-18(22)14-26-19(23)10-12-27(24,25)17-7-2-1-3-8-17/h1-8,13H,9-12,14H2,(H,21,22). The molecule has 0 saturated carbocycles. The minimum Gasteiger partial charge on any atom is -0.456 e. The van der Waals surface area contributed by atoms with E-state index in [1.807, 2.05) is 12.1 Å². The molecule has 1 amide bonds. The van der Waals surface area contributed by atoms with Crippen molar-refractivity contribution in [3.63, 3.8) is 0 Å². The molecule has 2 aromatic carbocycles. The van der Waals surface area contributed by atoms with Gasteiger partial charge in [-0.05, 0) is 36.2 Å². The Morgan fingerprint density at radius 2 is 1.78 bits per heavy atom. The fourth-order valence-electron chi connectivity index (χ4n) is 2.27. The van der Waals surface area contributed by atoms with E-state index in [2.05, 4.69) is 5.32 Å². The van der Waals surface area contributed by atoms with Gasteiger partial charge in [0.15, 0.2) is 16.4 Å². The first kappa shape index (κ1) is 20.9. The molecule has 0 fully saturated rings. The third-order valence-corrected chi connectivity index (χ3v) is 5.63. The van der Waals surface area contributed by atoms with E-state index in [1.165, 1.54) is 12.1 Å². The third-order valence-electron chi connectivity index (χ3n) is 3.67. The number of rotatable bonds is 9. The lowest BCUT2D eigenvalue weighted by molar-refractivity contribution is -0.148. The second-order valence-corrected chi connectivity index (χ2v) is 8.32. The van der Waals surface area contributed by atoms with Gasteiger partial charge in [0.25, 0.3) is 5.91 Å². The maximum absolute atomic E-state index is 12.1. The molecule has 8 heteroatoms. The van der Waals surface area contributed by atoms with Crippen LogP contribution >= 0.6 is 11.6 Å². The zero-order valence-electron chi connectivity index (χ0n) is 14.6. The van der Waals surface area contributed by atoms with E-state index >= 15 is 0 Å². The third kappa shape index (κ3) is 7.40. The lowest BCUT2D eigenvalue weighted by Crippen LogP contribution is -2.30. The molecular weight excluding hydrogens is 390 g/mol. The molecular formula is C19H20ClNO5S. The first-order chi connectivity index (χ1) is 12.9. The summed E-state index contributed by atoms with van der Waals surface area (Å²) < 4.78 is 29.0. The van der Waals surface area contributed by atoms with Crippen LogP contribution < -0.4 is 5.32 Å². The lowest BCUT2D eigenvalue weighted by Gasteiger charge is -2.07. The second kappa shape index (κ2) is 10.1. The molecule has 0 saturated heterocycles. The SMILES string of the molecule is O=C(COC(=O)CCS(=O)(=O)c1ccccc1)NCCc1cccc(Cl)c1. The molecule has 27 heavy (non-hydrogen) atoms. The largest absolute Gasteiger partial charge is 0.456 e. The van der Waals surface area contributed by atoms with Crippen LogP contribution in [0.2, 0.25) is 5.02 Å². The van der Waals surface area contributed by atoms with Gasteiger partial charge in [0.2, 0.25) is 0 Å². The van der Waals surface area contributed by atoms with Gasteiger partial charge in [0.1, 0.15) is 0 Å². The smallest absolute Gasteiger partial charge is 0.307 e. The molecule has 0 radical (unpaired) electrons. The van der Waals surface area contributed by atoms with Crippen LogP contribution in [0.25, 0.3) is 0 Å². The Labute approximate surface area is 163 Å². The fraction of sp³-hybridized carbons (Fsp3) is 0.263. The van der Waals surface area contributed by atoms with E-state index in [1.54, 1.807) is 30.3 Å². The summed E-state index contributed by atoms with van der Waals surface area (Å²) in [6, 6.07) is 15.1. The average Bonchev–Trinajstić information content (AvgIpc) is 2.65. The number of benzene rings is 2. The molecule has 0 aliphatic heterocycles. The molecule has 0 unspecified atom stereocenters. The average molecular weight is 410 g/mol. The summed E-state index contributed by atoms with van der Waals surface area (Å²) in [4.78, 5) is 23.5. The van der Waals surface area contributed by atoms with Crippen LogP contribution in [-0.2, 0) is 30.6 Å². The van der Waals surface area contributed by atoms with Crippen molar-refractivity contribution in [2.24, 2.45) is 0 Å². The first-order valence-corrected chi connectivity index (χ1v) is 10.3. The Bertz CT molecular complexity index is 884. The number of halogens is 1. The second-order valence-electron chi connectivity index (χ2n) is 5.77. The molecule has 0 bridgehead atoms. The van der Waals surface area contributed by atoms with Crippen molar-refractivity contribution >= 4 is 33.3 Å². The highest BCUT2D eigenvalue weighted by molar-refractivity contribution is 7.91. The van der Waals surface area contributed by atoms with E-state index in [9.17, 15) is 18.0 Å². The first-order valence-electron chi connectivity index (χ1n) is 8.31. The quantitative estimate of drug-likeness (QED) is 0.642. The molecule has 1 N–H and O–H groups in total. The number of hydrogen-bond donors (Lipinski definition) is 1.